The van der Waals surface area contributed by atoms with E-state index in [0.717, 1.165) is 36.9 Å². The smallest absolute Gasteiger partial charge is 0.228 e. The summed E-state index contributed by atoms with van der Waals surface area (Å²) >= 11 is 0. The number of hydrogen-bond donors (Lipinski definition) is 0. The van der Waals surface area contributed by atoms with E-state index < -0.39 is 9.84 Å². The number of ether oxygens (including phenoxy) is 1. The van der Waals surface area contributed by atoms with Gasteiger partial charge in [-0.05, 0) is 24.3 Å². The number of methoxy groups -OCH3 is 1. The minimum atomic E-state index is -3.63. The van der Waals surface area contributed by atoms with Gasteiger partial charge in [0.05, 0.1) is 30.8 Å². The van der Waals surface area contributed by atoms with Gasteiger partial charge in [-0.15, -0.1) is 0 Å². The Morgan fingerprint density at radius 2 is 1.91 bits per heavy atom. The number of hydrogen-bond acceptors (Lipinski definition) is 5. The fourth-order valence-corrected chi connectivity index (χ4v) is 5.78. The first-order valence-electron chi connectivity index (χ1n) is 11.4. The zero-order valence-corrected chi connectivity index (χ0v) is 20.2. The molecule has 1 heterocycles. The third-order valence-corrected chi connectivity index (χ3v) is 7.46. The van der Waals surface area contributed by atoms with Crippen molar-refractivity contribution in [1.29, 1.82) is 0 Å². The zero-order chi connectivity index (χ0) is 23.1. The molecule has 8 heteroatoms. The first kappa shape index (κ1) is 24.5. The summed E-state index contributed by atoms with van der Waals surface area (Å²) in [5.41, 5.74) is 1.47. The van der Waals surface area contributed by atoms with Crippen molar-refractivity contribution >= 4 is 15.7 Å². The summed E-state index contributed by atoms with van der Waals surface area (Å²) in [4.78, 5) is 19.3. The second-order valence-electron chi connectivity index (χ2n) is 9.02. The normalized spacial score (nSPS) is 14.9. The van der Waals surface area contributed by atoms with Crippen LogP contribution < -0.4 is 0 Å². The summed E-state index contributed by atoms with van der Waals surface area (Å²) in [5.74, 6) is 0.309. The lowest BCUT2D eigenvalue weighted by atomic mass is 10.1. The molecule has 1 amide bonds. The van der Waals surface area contributed by atoms with E-state index >= 15 is 0 Å². The molecule has 176 valence electrons. The van der Waals surface area contributed by atoms with E-state index in [9.17, 15) is 13.2 Å². The molecular weight excluding hydrogens is 426 g/mol. The lowest BCUT2D eigenvalue weighted by molar-refractivity contribution is -0.136. The van der Waals surface area contributed by atoms with Gasteiger partial charge in [-0.3, -0.25) is 4.79 Å². The summed E-state index contributed by atoms with van der Waals surface area (Å²) in [6.45, 7) is 5.86. The number of nitrogens with zero attached hydrogens (tertiary/aromatic N) is 3. The van der Waals surface area contributed by atoms with Crippen LogP contribution in [0.1, 0.15) is 50.8 Å². The molecule has 1 saturated carbocycles. The molecule has 0 unspecified atom stereocenters. The van der Waals surface area contributed by atoms with Gasteiger partial charge in [0.15, 0.2) is 0 Å². The largest absolute Gasteiger partial charge is 0.383 e. The average Bonchev–Trinajstić information content (AvgIpc) is 3.41. The molecule has 1 aromatic carbocycles. The fourth-order valence-electron chi connectivity index (χ4n) is 4.28. The van der Waals surface area contributed by atoms with Crippen LogP contribution in [0.3, 0.4) is 0 Å². The van der Waals surface area contributed by atoms with Gasteiger partial charge >= 0.3 is 0 Å². The van der Waals surface area contributed by atoms with Gasteiger partial charge < -0.3 is 14.2 Å². The van der Waals surface area contributed by atoms with Gasteiger partial charge in [0.25, 0.3) is 0 Å². The first-order chi connectivity index (χ1) is 15.3. The van der Waals surface area contributed by atoms with E-state index in [4.69, 9.17) is 4.74 Å². The topological polar surface area (TPSA) is 81.5 Å². The van der Waals surface area contributed by atoms with E-state index in [1.165, 1.54) is 0 Å². The lowest BCUT2D eigenvalue weighted by Crippen LogP contribution is -2.38. The summed E-state index contributed by atoms with van der Waals surface area (Å²) < 4.78 is 33.5. The van der Waals surface area contributed by atoms with Crippen LogP contribution in [0.2, 0.25) is 0 Å². The SMILES string of the molecule is COCCN(Cc1cnc(S(=O)(=O)Cc2ccccc2)n1CC(C)C)C(=O)C1CCCC1. The molecule has 0 aliphatic heterocycles. The molecule has 1 aromatic heterocycles. The predicted octanol–water partition coefficient (Wildman–Crippen LogP) is 3.68. The van der Waals surface area contributed by atoms with Crippen LogP contribution in [0.4, 0.5) is 0 Å². The summed E-state index contributed by atoms with van der Waals surface area (Å²) in [7, 11) is -2.01. The Morgan fingerprint density at radius 1 is 1.22 bits per heavy atom. The summed E-state index contributed by atoms with van der Waals surface area (Å²) in [5, 5.41) is 0.0741. The van der Waals surface area contributed by atoms with Crippen LogP contribution in [-0.2, 0) is 38.2 Å². The molecule has 0 atom stereocenters. The number of rotatable bonds is 11. The quantitative estimate of drug-likeness (QED) is 0.510. The number of carbonyl (C=O) groups excluding carboxylic acids is 1. The van der Waals surface area contributed by atoms with E-state index in [1.54, 1.807) is 34.9 Å². The Hall–Kier alpha value is -2.19. The van der Waals surface area contributed by atoms with Gasteiger partial charge in [-0.25, -0.2) is 13.4 Å². The molecule has 0 N–H and O–H groups in total. The van der Waals surface area contributed by atoms with Crippen LogP contribution in [0.25, 0.3) is 0 Å². The van der Waals surface area contributed by atoms with Gasteiger partial charge in [-0.2, -0.15) is 0 Å². The van der Waals surface area contributed by atoms with Crippen LogP contribution in [0.15, 0.2) is 41.7 Å². The van der Waals surface area contributed by atoms with Crippen molar-refractivity contribution in [2.24, 2.45) is 11.8 Å². The van der Waals surface area contributed by atoms with Crippen molar-refractivity contribution in [3.05, 3.63) is 47.8 Å². The first-order valence-corrected chi connectivity index (χ1v) is 13.1. The second kappa shape index (κ2) is 11.1. The molecule has 0 radical (unpaired) electrons. The minimum Gasteiger partial charge on any atom is -0.383 e. The van der Waals surface area contributed by atoms with Crippen LogP contribution >= 0.6 is 0 Å². The molecule has 0 saturated heterocycles. The molecule has 0 bridgehead atoms. The number of amides is 1. The number of benzene rings is 1. The van der Waals surface area contributed by atoms with Crippen molar-refractivity contribution in [3.8, 4) is 0 Å². The van der Waals surface area contributed by atoms with E-state index in [0.29, 0.717) is 26.2 Å². The lowest BCUT2D eigenvalue weighted by Gasteiger charge is -2.26. The third kappa shape index (κ3) is 6.19. The van der Waals surface area contributed by atoms with Crippen molar-refractivity contribution in [2.45, 2.75) is 63.5 Å². The van der Waals surface area contributed by atoms with Gasteiger partial charge in [0, 0.05) is 26.1 Å². The highest BCUT2D eigenvalue weighted by atomic mass is 32.2. The van der Waals surface area contributed by atoms with Crippen molar-refractivity contribution < 1.29 is 17.9 Å². The van der Waals surface area contributed by atoms with Gasteiger partial charge in [0.1, 0.15) is 0 Å². The highest BCUT2D eigenvalue weighted by molar-refractivity contribution is 7.90. The fraction of sp³-hybridized carbons (Fsp3) is 0.583. The highest BCUT2D eigenvalue weighted by Crippen LogP contribution is 2.28. The molecule has 2 aromatic rings. The number of sulfone groups is 1. The predicted molar refractivity (Wildman–Crippen MR) is 124 cm³/mol. The molecule has 0 spiro atoms. The molecular formula is C24H35N3O4S. The van der Waals surface area contributed by atoms with E-state index in [2.05, 4.69) is 4.98 Å². The Bertz CT molecular complexity index is 980. The highest BCUT2D eigenvalue weighted by Gasteiger charge is 2.29. The Balaban J connectivity index is 1.89. The monoisotopic (exact) mass is 461 g/mol. The van der Waals surface area contributed by atoms with Gasteiger partial charge in [-0.1, -0.05) is 57.0 Å². The average molecular weight is 462 g/mol. The molecule has 32 heavy (non-hydrogen) atoms. The minimum absolute atomic E-state index is 0.0506. The summed E-state index contributed by atoms with van der Waals surface area (Å²) in [6, 6.07) is 9.14. The molecule has 1 fully saturated rings. The van der Waals surface area contributed by atoms with E-state index in [1.807, 2.05) is 32.0 Å². The van der Waals surface area contributed by atoms with Crippen LogP contribution in [-0.4, -0.2) is 49.0 Å². The number of carbonyl (C=O) groups is 1. The van der Waals surface area contributed by atoms with Crippen LogP contribution in [0, 0.1) is 11.8 Å². The molecule has 7 nitrogen and oxygen atoms in total. The maximum Gasteiger partial charge on any atom is 0.228 e. The van der Waals surface area contributed by atoms with Crippen LogP contribution in [0.5, 0.6) is 0 Å². The second-order valence-corrected chi connectivity index (χ2v) is 10.9. The van der Waals surface area contributed by atoms with E-state index in [-0.39, 0.29) is 28.7 Å². The third-order valence-electron chi connectivity index (χ3n) is 5.86. The van der Waals surface area contributed by atoms with Crippen molar-refractivity contribution in [1.82, 2.24) is 14.5 Å². The number of aromatic nitrogens is 2. The van der Waals surface area contributed by atoms with Crippen molar-refractivity contribution in [3.63, 3.8) is 0 Å². The molecule has 3 rings (SSSR count). The van der Waals surface area contributed by atoms with Gasteiger partial charge in [0.2, 0.25) is 20.9 Å². The molecule has 1 aliphatic carbocycles. The Morgan fingerprint density at radius 3 is 2.53 bits per heavy atom. The Labute approximate surface area is 191 Å². The Kier molecular flexibility index (Phi) is 8.48. The van der Waals surface area contributed by atoms with Crippen molar-refractivity contribution in [2.75, 3.05) is 20.3 Å². The number of imidazole rings is 1. The summed E-state index contributed by atoms with van der Waals surface area (Å²) in [6.07, 6.45) is 5.62. The maximum absolute atomic E-state index is 13.2. The zero-order valence-electron chi connectivity index (χ0n) is 19.4. The molecule has 1 aliphatic rings. The standard InChI is InChI=1S/C24H35N3O4S/c1-19(2)16-27-22(17-26(13-14-31-3)23(28)21-11-7-8-12-21)15-25-24(27)32(29,30)18-20-9-5-4-6-10-20/h4-6,9-10,15,19,21H,7-8,11-14,16-18H2,1-3H3. The maximum atomic E-state index is 13.2.